The normalized spacial score (nSPS) is 14.2. The van der Waals surface area contributed by atoms with Crippen molar-refractivity contribution in [1.82, 2.24) is 5.32 Å². The molecule has 0 radical (unpaired) electrons. The fraction of sp³-hybridized carbons (Fsp3) is 0.333. The van der Waals surface area contributed by atoms with E-state index in [1.165, 1.54) is 19.3 Å². The number of esters is 1. The van der Waals surface area contributed by atoms with Gasteiger partial charge in [-0.15, -0.1) is 0 Å². The molecule has 2 aromatic rings. The van der Waals surface area contributed by atoms with E-state index in [1.54, 1.807) is 18.2 Å². The lowest BCUT2D eigenvalue weighted by Gasteiger charge is -2.14. The van der Waals surface area contributed by atoms with Crippen LogP contribution in [0.5, 0.6) is 11.5 Å². The molecule has 0 saturated carbocycles. The van der Waals surface area contributed by atoms with Crippen LogP contribution >= 0.6 is 11.6 Å². The summed E-state index contributed by atoms with van der Waals surface area (Å²) in [6.07, 6.45) is 2.15. The van der Waals surface area contributed by atoms with E-state index in [0.717, 1.165) is 6.42 Å². The summed E-state index contributed by atoms with van der Waals surface area (Å²) in [6, 6.07) is 5.66. The first-order chi connectivity index (χ1) is 12.5. The number of amides is 1. The number of furan rings is 1. The summed E-state index contributed by atoms with van der Waals surface area (Å²) in [4.78, 5) is 24.0. The smallest absolute Gasteiger partial charge is 0.328 e. The van der Waals surface area contributed by atoms with Crippen LogP contribution in [-0.4, -0.2) is 31.1 Å². The average Bonchev–Trinajstić information content (AvgIpc) is 3.05. The fourth-order valence-corrected chi connectivity index (χ4v) is 2.67. The van der Waals surface area contributed by atoms with E-state index >= 15 is 0 Å². The van der Waals surface area contributed by atoms with Crippen LogP contribution in [0.2, 0.25) is 5.02 Å². The zero-order valence-electron chi connectivity index (χ0n) is 14.1. The fourth-order valence-electron chi connectivity index (χ4n) is 2.38. The van der Waals surface area contributed by atoms with E-state index in [2.05, 4.69) is 5.32 Å². The maximum Gasteiger partial charge on any atom is 0.328 e. The maximum absolute atomic E-state index is 12.1. The predicted molar refractivity (Wildman–Crippen MR) is 92.5 cm³/mol. The van der Waals surface area contributed by atoms with Gasteiger partial charge in [-0.2, -0.15) is 0 Å². The number of halogens is 1. The number of rotatable bonds is 5. The first-order valence-electron chi connectivity index (χ1n) is 8.13. The first kappa shape index (κ1) is 18.1. The van der Waals surface area contributed by atoms with Gasteiger partial charge in [0.25, 0.3) is 5.91 Å². The Hall–Kier alpha value is -2.67. The van der Waals surface area contributed by atoms with Crippen molar-refractivity contribution in [3.05, 3.63) is 46.9 Å². The number of benzene rings is 1. The molecule has 0 saturated heterocycles. The highest BCUT2D eigenvalue weighted by Crippen LogP contribution is 2.38. The van der Waals surface area contributed by atoms with Crippen molar-refractivity contribution >= 4 is 23.5 Å². The number of nitrogens with one attached hydrogen (secondary N) is 1. The van der Waals surface area contributed by atoms with Gasteiger partial charge in [0.1, 0.15) is 12.6 Å². The van der Waals surface area contributed by atoms with E-state index in [9.17, 15) is 9.59 Å². The summed E-state index contributed by atoms with van der Waals surface area (Å²) in [5.74, 6) is 0.0871. The van der Waals surface area contributed by atoms with Gasteiger partial charge >= 0.3 is 5.97 Å². The zero-order chi connectivity index (χ0) is 18.5. The Bertz CT molecular complexity index is 789. The van der Waals surface area contributed by atoms with E-state index < -0.39 is 17.9 Å². The Labute approximate surface area is 155 Å². The first-order valence-corrected chi connectivity index (χ1v) is 8.51. The minimum Gasteiger partial charge on any atom is -0.489 e. The van der Waals surface area contributed by atoms with E-state index in [4.69, 9.17) is 30.2 Å². The quantitative estimate of drug-likeness (QED) is 0.804. The third-order valence-corrected chi connectivity index (χ3v) is 3.97. The van der Waals surface area contributed by atoms with Gasteiger partial charge in [0.15, 0.2) is 17.3 Å². The molecule has 0 unspecified atom stereocenters. The topological polar surface area (TPSA) is 87.0 Å². The molecule has 138 valence electrons. The van der Waals surface area contributed by atoms with Gasteiger partial charge < -0.3 is 23.9 Å². The van der Waals surface area contributed by atoms with Gasteiger partial charge in [0, 0.05) is 6.42 Å². The summed E-state index contributed by atoms with van der Waals surface area (Å²) in [5.41, 5.74) is 0.664. The Balaban J connectivity index is 1.58. The van der Waals surface area contributed by atoms with Gasteiger partial charge in [0.05, 0.1) is 24.5 Å². The lowest BCUT2D eigenvalue weighted by atomic mass is 10.2. The van der Waals surface area contributed by atoms with Crippen LogP contribution < -0.4 is 14.8 Å². The number of hydrogen-bond acceptors (Lipinski definition) is 6. The zero-order valence-corrected chi connectivity index (χ0v) is 14.9. The molecular formula is C18H18ClNO6. The minimum absolute atomic E-state index is 0.00381. The number of hydrogen-bond donors (Lipinski definition) is 1. The molecule has 1 atom stereocenters. The van der Waals surface area contributed by atoms with Crippen LogP contribution in [0.25, 0.3) is 0 Å². The summed E-state index contributed by atoms with van der Waals surface area (Å²) < 4.78 is 21.4. The van der Waals surface area contributed by atoms with Crippen LogP contribution in [0.15, 0.2) is 34.9 Å². The molecule has 2 heterocycles. The molecule has 0 aliphatic carbocycles. The molecule has 1 amide bonds. The van der Waals surface area contributed by atoms with E-state index in [1.807, 2.05) is 0 Å². The Kier molecular flexibility index (Phi) is 5.68. The third-order valence-electron chi connectivity index (χ3n) is 3.69. The van der Waals surface area contributed by atoms with Crippen molar-refractivity contribution in [3.63, 3.8) is 0 Å². The molecule has 1 aliphatic heterocycles. The van der Waals surface area contributed by atoms with Gasteiger partial charge in [-0.3, -0.25) is 4.79 Å². The standard InChI is InChI=1S/C18H18ClNO6/c1-11(20-17(21)14-4-2-5-23-14)18(22)26-10-12-8-13(19)16-15(9-12)24-6-3-7-25-16/h2,4-5,8-9,11H,3,6-7,10H2,1H3,(H,20,21)/t11-/m1/s1. The molecule has 8 heteroatoms. The van der Waals surface area contributed by atoms with Crippen LogP contribution in [0.1, 0.15) is 29.5 Å². The van der Waals surface area contributed by atoms with Crippen LogP contribution in [0.4, 0.5) is 0 Å². The van der Waals surface area contributed by atoms with Crippen molar-refractivity contribution in [2.45, 2.75) is 26.0 Å². The summed E-state index contributed by atoms with van der Waals surface area (Å²) >= 11 is 6.21. The second-order valence-electron chi connectivity index (χ2n) is 5.74. The molecule has 1 aliphatic rings. The van der Waals surface area contributed by atoms with Gasteiger partial charge in [-0.25, -0.2) is 4.79 Å². The predicted octanol–water partition coefficient (Wildman–Crippen LogP) is 2.96. The average molecular weight is 380 g/mol. The molecule has 0 bridgehead atoms. The number of carbonyl (C=O) groups is 2. The molecule has 26 heavy (non-hydrogen) atoms. The summed E-state index contributed by atoms with van der Waals surface area (Å²) in [6.45, 7) is 2.59. The monoisotopic (exact) mass is 379 g/mol. The molecule has 1 aromatic carbocycles. The Morgan fingerprint density at radius 2 is 2.12 bits per heavy atom. The molecule has 0 fully saturated rings. The van der Waals surface area contributed by atoms with Crippen molar-refractivity contribution < 1.29 is 28.2 Å². The van der Waals surface area contributed by atoms with Gasteiger partial charge in [-0.1, -0.05) is 11.6 Å². The Morgan fingerprint density at radius 3 is 2.88 bits per heavy atom. The number of fused-ring (bicyclic) bond motifs is 1. The third kappa shape index (κ3) is 4.29. The number of ether oxygens (including phenoxy) is 3. The highest BCUT2D eigenvalue weighted by atomic mass is 35.5. The second-order valence-corrected chi connectivity index (χ2v) is 6.14. The highest BCUT2D eigenvalue weighted by molar-refractivity contribution is 6.32. The van der Waals surface area contributed by atoms with Crippen molar-refractivity contribution in [1.29, 1.82) is 0 Å². The summed E-state index contributed by atoms with van der Waals surface area (Å²) in [7, 11) is 0. The molecular weight excluding hydrogens is 362 g/mol. The van der Waals surface area contributed by atoms with Crippen LogP contribution in [-0.2, 0) is 16.1 Å². The van der Waals surface area contributed by atoms with Crippen molar-refractivity contribution in [3.8, 4) is 11.5 Å². The molecule has 1 N–H and O–H groups in total. The molecule has 1 aromatic heterocycles. The number of carbonyl (C=O) groups excluding carboxylic acids is 2. The Morgan fingerprint density at radius 1 is 1.31 bits per heavy atom. The van der Waals surface area contributed by atoms with Crippen molar-refractivity contribution in [2.24, 2.45) is 0 Å². The van der Waals surface area contributed by atoms with E-state index in [0.29, 0.717) is 35.3 Å². The summed E-state index contributed by atoms with van der Waals surface area (Å²) in [5, 5.41) is 2.91. The van der Waals surface area contributed by atoms with Gasteiger partial charge in [-0.05, 0) is 36.8 Å². The lowest BCUT2D eigenvalue weighted by molar-refractivity contribution is -0.146. The van der Waals surface area contributed by atoms with Gasteiger partial charge in [0.2, 0.25) is 0 Å². The maximum atomic E-state index is 12.1. The molecule has 3 rings (SSSR count). The van der Waals surface area contributed by atoms with E-state index in [-0.39, 0.29) is 12.4 Å². The molecule has 0 spiro atoms. The molecule has 7 nitrogen and oxygen atoms in total. The van der Waals surface area contributed by atoms with Crippen molar-refractivity contribution in [2.75, 3.05) is 13.2 Å². The minimum atomic E-state index is -0.830. The van der Waals surface area contributed by atoms with Crippen LogP contribution in [0, 0.1) is 0 Å². The lowest BCUT2D eigenvalue weighted by Crippen LogP contribution is -2.39. The SMILES string of the molecule is C[C@@H](NC(=O)c1ccco1)C(=O)OCc1cc(Cl)c2c(c1)OCCCO2. The largest absolute Gasteiger partial charge is 0.489 e. The highest BCUT2D eigenvalue weighted by Gasteiger charge is 2.20. The van der Waals surface area contributed by atoms with Crippen LogP contribution in [0.3, 0.4) is 0 Å². The second kappa shape index (κ2) is 8.14.